The lowest BCUT2D eigenvalue weighted by Crippen LogP contribution is -2.27. The third-order valence-electron chi connectivity index (χ3n) is 1.73. The summed E-state index contributed by atoms with van der Waals surface area (Å²) in [4.78, 5) is 0. The van der Waals surface area contributed by atoms with Crippen molar-refractivity contribution < 1.29 is 5.11 Å². The SMILES string of the molecule is C=C(C)CCNCC(O)CCC. The van der Waals surface area contributed by atoms with Crippen LogP contribution in [-0.4, -0.2) is 24.3 Å². The van der Waals surface area contributed by atoms with Crippen LogP contribution in [0.4, 0.5) is 0 Å². The molecule has 0 bridgehead atoms. The Morgan fingerprint density at radius 2 is 2.25 bits per heavy atom. The molecule has 0 aromatic heterocycles. The van der Waals surface area contributed by atoms with E-state index in [1.54, 1.807) is 0 Å². The van der Waals surface area contributed by atoms with E-state index in [2.05, 4.69) is 18.8 Å². The maximum atomic E-state index is 9.33. The van der Waals surface area contributed by atoms with E-state index in [0.717, 1.165) is 25.8 Å². The summed E-state index contributed by atoms with van der Waals surface area (Å²) in [7, 11) is 0. The maximum absolute atomic E-state index is 9.33. The summed E-state index contributed by atoms with van der Waals surface area (Å²) in [6, 6.07) is 0. The summed E-state index contributed by atoms with van der Waals surface area (Å²) in [6.07, 6.45) is 2.75. The number of aliphatic hydroxyl groups excluding tert-OH is 1. The van der Waals surface area contributed by atoms with E-state index in [0.29, 0.717) is 6.54 Å². The van der Waals surface area contributed by atoms with Gasteiger partial charge in [0.25, 0.3) is 0 Å². The van der Waals surface area contributed by atoms with Gasteiger partial charge < -0.3 is 10.4 Å². The highest BCUT2D eigenvalue weighted by Crippen LogP contribution is 1.95. The molecule has 1 unspecified atom stereocenters. The van der Waals surface area contributed by atoms with Crippen molar-refractivity contribution in [2.75, 3.05) is 13.1 Å². The van der Waals surface area contributed by atoms with Crippen LogP contribution in [0.3, 0.4) is 0 Å². The van der Waals surface area contributed by atoms with Crippen molar-refractivity contribution in [3.05, 3.63) is 12.2 Å². The first-order valence-electron chi connectivity index (χ1n) is 4.70. The number of aliphatic hydroxyl groups is 1. The summed E-state index contributed by atoms with van der Waals surface area (Å²) in [5.41, 5.74) is 1.19. The zero-order chi connectivity index (χ0) is 9.40. The molecule has 0 fully saturated rings. The van der Waals surface area contributed by atoms with E-state index in [9.17, 15) is 5.11 Å². The molecule has 72 valence electrons. The zero-order valence-corrected chi connectivity index (χ0v) is 8.27. The van der Waals surface area contributed by atoms with Crippen LogP contribution < -0.4 is 5.32 Å². The summed E-state index contributed by atoms with van der Waals surface area (Å²) in [5.74, 6) is 0. The van der Waals surface area contributed by atoms with Gasteiger partial charge in [0.15, 0.2) is 0 Å². The molecule has 0 saturated carbocycles. The van der Waals surface area contributed by atoms with Crippen molar-refractivity contribution in [2.45, 2.75) is 39.2 Å². The minimum absolute atomic E-state index is 0.180. The predicted octanol–water partition coefficient (Wildman–Crippen LogP) is 1.70. The molecule has 0 aliphatic heterocycles. The summed E-state index contributed by atoms with van der Waals surface area (Å²) in [6.45, 7) is 9.54. The van der Waals surface area contributed by atoms with Gasteiger partial charge in [0.1, 0.15) is 0 Å². The number of nitrogens with one attached hydrogen (secondary N) is 1. The Morgan fingerprint density at radius 3 is 2.75 bits per heavy atom. The Bertz CT molecular complexity index is 123. The average Bonchev–Trinajstić information content (AvgIpc) is 1.98. The summed E-state index contributed by atoms with van der Waals surface area (Å²) >= 11 is 0. The summed E-state index contributed by atoms with van der Waals surface area (Å²) in [5, 5.41) is 12.5. The molecular weight excluding hydrogens is 150 g/mol. The van der Waals surface area contributed by atoms with Crippen molar-refractivity contribution in [3.8, 4) is 0 Å². The molecule has 12 heavy (non-hydrogen) atoms. The predicted molar refractivity (Wildman–Crippen MR) is 53.2 cm³/mol. The van der Waals surface area contributed by atoms with Crippen LogP contribution in [0.5, 0.6) is 0 Å². The van der Waals surface area contributed by atoms with E-state index in [-0.39, 0.29) is 6.10 Å². The van der Waals surface area contributed by atoms with Crippen LogP contribution in [0.1, 0.15) is 33.1 Å². The highest BCUT2D eigenvalue weighted by atomic mass is 16.3. The standard InChI is InChI=1S/C10H21NO/c1-4-5-10(12)8-11-7-6-9(2)3/h10-12H,2,4-8H2,1,3H3. The van der Waals surface area contributed by atoms with Gasteiger partial charge in [-0.3, -0.25) is 0 Å². The molecule has 0 aliphatic rings. The van der Waals surface area contributed by atoms with Crippen LogP contribution in [0.15, 0.2) is 12.2 Å². The minimum Gasteiger partial charge on any atom is -0.392 e. The zero-order valence-electron chi connectivity index (χ0n) is 8.27. The Balaban J connectivity index is 3.13. The van der Waals surface area contributed by atoms with Crippen molar-refractivity contribution in [1.82, 2.24) is 5.32 Å². The van der Waals surface area contributed by atoms with Crippen molar-refractivity contribution in [3.63, 3.8) is 0 Å². The van der Waals surface area contributed by atoms with Crippen LogP contribution >= 0.6 is 0 Å². The van der Waals surface area contributed by atoms with Gasteiger partial charge in [0.2, 0.25) is 0 Å². The Hall–Kier alpha value is -0.340. The lowest BCUT2D eigenvalue weighted by Gasteiger charge is -2.10. The van der Waals surface area contributed by atoms with Gasteiger partial charge in [-0.25, -0.2) is 0 Å². The van der Waals surface area contributed by atoms with Crippen molar-refractivity contribution >= 4 is 0 Å². The minimum atomic E-state index is -0.180. The van der Waals surface area contributed by atoms with Gasteiger partial charge in [0.05, 0.1) is 6.10 Å². The highest BCUT2D eigenvalue weighted by molar-refractivity contribution is 4.88. The van der Waals surface area contributed by atoms with Gasteiger partial charge in [-0.05, 0) is 26.3 Å². The van der Waals surface area contributed by atoms with Crippen LogP contribution in [-0.2, 0) is 0 Å². The van der Waals surface area contributed by atoms with Crippen LogP contribution in [0.25, 0.3) is 0 Å². The normalized spacial score (nSPS) is 12.9. The van der Waals surface area contributed by atoms with Crippen molar-refractivity contribution in [2.24, 2.45) is 0 Å². The van der Waals surface area contributed by atoms with E-state index in [4.69, 9.17) is 0 Å². The van der Waals surface area contributed by atoms with Gasteiger partial charge in [-0.15, -0.1) is 6.58 Å². The van der Waals surface area contributed by atoms with Crippen LogP contribution in [0.2, 0.25) is 0 Å². The molecule has 0 aromatic carbocycles. The molecule has 2 heteroatoms. The van der Waals surface area contributed by atoms with E-state index in [1.165, 1.54) is 5.57 Å². The smallest absolute Gasteiger partial charge is 0.0664 e. The van der Waals surface area contributed by atoms with Gasteiger partial charge >= 0.3 is 0 Å². The monoisotopic (exact) mass is 171 g/mol. The molecule has 1 atom stereocenters. The number of hydrogen-bond acceptors (Lipinski definition) is 2. The molecule has 2 N–H and O–H groups in total. The lowest BCUT2D eigenvalue weighted by molar-refractivity contribution is 0.161. The summed E-state index contributed by atoms with van der Waals surface area (Å²) < 4.78 is 0. The second-order valence-corrected chi connectivity index (χ2v) is 3.35. The van der Waals surface area contributed by atoms with Crippen LogP contribution in [0, 0.1) is 0 Å². The molecule has 2 nitrogen and oxygen atoms in total. The molecule has 0 radical (unpaired) electrons. The molecule has 0 amide bonds. The third kappa shape index (κ3) is 7.76. The highest BCUT2D eigenvalue weighted by Gasteiger charge is 2.00. The molecule has 0 heterocycles. The second-order valence-electron chi connectivity index (χ2n) is 3.35. The van der Waals surface area contributed by atoms with Gasteiger partial charge in [0, 0.05) is 6.54 Å². The van der Waals surface area contributed by atoms with E-state index < -0.39 is 0 Å². The molecule has 0 saturated heterocycles. The topological polar surface area (TPSA) is 32.3 Å². The van der Waals surface area contributed by atoms with Gasteiger partial charge in [-0.2, -0.15) is 0 Å². The average molecular weight is 171 g/mol. The molecular formula is C10H21NO. The first-order chi connectivity index (χ1) is 5.66. The Kier molecular flexibility index (Phi) is 7.11. The quantitative estimate of drug-likeness (QED) is 0.451. The maximum Gasteiger partial charge on any atom is 0.0664 e. The molecule has 0 aliphatic carbocycles. The molecule has 0 rings (SSSR count). The van der Waals surface area contributed by atoms with E-state index >= 15 is 0 Å². The first kappa shape index (κ1) is 11.7. The first-order valence-corrected chi connectivity index (χ1v) is 4.70. The van der Waals surface area contributed by atoms with Crippen molar-refractivity contribution in [1.29, 1.82) is 0 Å². The molecule has 0 spiro atoms. The Labute approximate surface area is 75.7 Å². The third-order valence-corrected chi connectivity index (χ3v) is 1.73. The van der Waals surface area contributed by atoms with Gasteiger partial charge in [-0.1, -0.05) is 18.9 Å². The fourth-order valence-electron chi connectivity index (χ4n) is 1.01. The second kappa shape index (κ2) is 7.32. The fraction of sp³-hybridized carbons (Fsp3) is 0.800. The fourth-order valence-corrected chi connectivity index (χ4v) is 1.01. The lowest BCUT2D eigenvalue weighted by atomic mass is 10.2. The number of rotatable bonds is 7. The number of hydrogen-bond donors (Lipinski definition) is 2. The largest absolute Gasteiger partial charge is 0.392 e. The van der Waals surface area contributed by atoms with E-state index in [1.807, 2.05) is 6.92 Å². The molecule has 0 aromatic rings. The Morgan fingerprint density at radius 1 is 1.58 bits per heavy atom.